The fourth-order valence-corrected chi connectivity index (χ4v) is 4.04. The minimum atomic E-state index is -0.123. The molecule has 1 aliphatic rings. The highest BCUT2D eigenvalue weighted by Gasteiger charge is 2.23. The molecule has 0 spiro atoms. The van der Waals surface area contributed by atoms with E-state index in [-0.39, 0.29) is 17.9 Å². The number of nitrogens with zero attached hydrogens (tertiary/aromatic N) is 4. The van der Waals surface area contributed by atoms with Crippen molar-refractivity contribution in [1.29, 1.82) is 0 Å². The first-order chi connectivity index (χ1) is 11.9. The summed E-state index contributed by atoms with van der Waals surface area (Å²) in [6.45, 7) is 11.7. The molecule has 0 saturated carbocycles. The lowest BCUT2D eigenvalue weighted by atomic mass is 10.2. The normalized spacial score (nSPS) is 16.5. The van der Waals surface area contributed by atoms with Gasteiger partial charge in [-0.2, -0.15) is 0 Å². The maximum absolute atomic E-state index is 12.0. The molecule has 25 heavy (non-hydrogen) atoms. The average molecular weight is 362 g/mol. The highest BCUT2D eigenvalue weighted by atomic mass is 32.1. The van der Waals surface area contributed by atoms with Crippen molar-refractivity contribution in [3.8, 4) is 0 Å². The van der Waals surface area contributed by atoms with E-state index in [9.17, 15) is 4.79 Å². The summed E-state index contributed by atoms with van der Waals surface area (Å²) in [4.78, 5) is 17.2. The summed E-state index contributed by atoms with van der Waals surface area (Å²) in [6, 6.07) is 4.28. The molecule has 6 nitrogen and oxygen atoms in total. The molecule has 0 aliphatic carbocycles. The molecular formula is C18H27N5OS. The van der Waals surface area contributed by atoms with Gasteiger partial charge >= 0.3 is 0 Å². The molecule has 3 heterocycles. The molecule has 0 unspecified atom stereocenters. The van der Waals surface area contributed by atoms with Crippen molar-refractivity contribution in [2.24, 2.45) is 5.92 Å². The first kappa shape index (κ1) is 18.1. The van der Waals surface area contributed by atoms with E-state index >= 15 is 0 Å². The first-order valence-electron chi connectivity index (χ1n) is 8.94. The summed E-state index contributed by atoms with van der Waals surface area (Å²) < 4.78 is 2.19. The Bertz CT molecular complexity index is 736. The SMILES string of the molecule is Cc1ccc(CN2CCc3nnc([C@H](C)NC(=O)C(C)C)n3CC2)s1. The Balaban J connectivity index is 1.66. The van der Waals surface area contributed by atoms with Crippen LogP contribution in [0.2, 0.25) is 0 Å². The second-order valence-corrected chi connectivity index (χ2v) is 8.42. The van der Waals surface area contributed by atoms with Crippen LogP contribution < -0.4 is 5.32 Å². The molecule has 1 amide bonds. The number of carbonyl (C=O) groups is 1. The molecule has 1 N–H and O–H groups in total. The van der Waals surface area contributed by atoms with Crippen LogP contribution in [0.4, 0.5) is 0 Å². The Morgan fingerprint density at radius 3 is 2.72 bits per heavy atom. The molecule has 0 radical (unpaired) electrons. The lowest BCUT2D eigenvalue weighted by molar-refractivity contribution is -0.124. The molecule has 0 saturated heterocycles. The van der Waals surface area contributed by atoms with E-state index in [0.29, 0.717) is 0 Å². The summed E-state index contributed by atoms with van der Waals surface area (Å²) in [7, 11) is 0. The molecule has 0 fully saturated rings. The molecule has 1 aliphatic heterocycles. The number of aryl methyl sites for hydroxylation is 1. The van der Waals surface area contributed by atoms with Crippen LogP contribution in [-0.4, -0.2) is 38.7 Å². The van der Waals surface area contributed by atoms with Gasteiger partial charge in [0.15, 0.2) is 5.82 Å². The van der Waals surface area contributed by atoms with Crippen molar-refractivity contribution in [3.63, 3.8) is 0 Å². The zero-order valence-electron chi connectivity index (χ0n) is 15.5. The first-order valence-corrected chi connectivity index (χ1v) is 9.75. The largest absolute Gasteiger partial charge is 0.346 e. The minimum Gasteiger partial charge on any atom is -0.346 e. The number of thiophene rings is 1. The van der Waals surface area contributed by atoms with Crippen LogP contribution in [0.1, 0.15) is 48.2 Å². The van der Waals surface area contributed by atoms with Gasteiger partial charge < -0.3 is 9.88 Å². The highest BCUT2D eigenvalue weighted by Crippen LogP contribution is 2.20. The van der Waals surface area contributed by atoms with Gasteiger partial charge in [-0.15, -0.1) is 21.5 Å². The van der Waals surface area contributed by atoms with E-state index < -0.39 is 0 Å². The molecule has 0 bridgehead atoms. The van der Waals surface area contributed by atoms with Crippen LogP contribution >= 0.6 is 11.3 Å². The van der Waals surface area contributed by atoms with E-state index in [1.54, 1.807) is 0 Å². The molecule has 0 aromatic carbocycles. The van der Waals surface area contributed by atoms with Gasteiger partial charge in [-0.25, -0.2) is 0 Å². The second kappa shape index (κ2) is 7.66. The van der Waals surface area contributed by atoms with Crippen molar-refractivity contribution in [3.05, 3.63) is 33.5 Å². The van der Waals surface area contributed by atoms with Gasteiger partial charge in [-0.3, -0.25) is 9.69 Å². The Morgan fingerprint density at radius 2 is 2.04 bits per heavy atom. The fourth-order valence-electron chi connectivity index (χ4n) is 3.10. The monoisotopic (exact) mass is 361 g/mol. The predicted molar refractivity (Wildman–Crippen MR) is 99.5 cm³/mol. The number of hydrogen-bond acceptors (Lipinski definition) is 5. The average Bonchev–Trinajstić information content (AvgIpc) is 3.10. The standard InChI is InChI=1S/C18H27N5OS/c1-12(2)18(24)19-14(4)17-21-20-16-7-8-22(9-10-23(16)17)11-15-6-5-13(3)25-15/h5-6,12,14H,7-11H2,1-4H3,(H,19,24)/t14-/m0/s1. The number of rotatable bonds is 5. The van der Waals surface area contributed by atoms with Crippen LogP contribution in [-0.2, 0) is 24.3 Å². The topological polar surface area (TPSA) is 63.1 Å². The van der Waals surface area contributed by atoms with Gasteiger partial charge in [-0.05, 0) is 26.0 Å². The maximum atomic E-state index is 12.0. The summed E-state index contributed by atoms with van der Waals surface area (Å²) in [6.07, 6.45) is 0.891. The summed E-state index contributed by atoms with van der Waals surface area (Å²) >= 11 is 1.87. The molecule has 2 aromatic rings. The van der Waals surface area contributed by atoms with Gasteiger partial charge in [-0.1, -0.05) is 13.8 Å². The van der Waals surface area contributed by atoms with E-state index in [1.807, 2.05) is 32.1 Å². The number of aromatic nitrogens is 3. The Morgan fingerprint density at radius 1 is 1.24 bits per heavy atom. The lowest BCUT2D eigenvalue weighted by Gasteiger charge is -2.19. The molecule has 2 aromatic heterocycles. The van der Waals surface area contributed by atoms with Gasteiger partial charge in [0.2, 0.25) is 5.91 Å². The summed E-state index contributed by atoms with van der Waals surface area (Å²) in [5.74, 6) is 1.90. The van der Waals surface area contributed by atoms with Gasteiger partial charge in [0, 0.05) is 48.3 Å². The molecule has 3 rings (SSSR count). The third-order valence-electron chi connectivity index (χ3n) is 4.59. The molecule has 7 heteroatoms. The highest BCUT2D eigenvalue weighted by molar-refractivity contribution is 7.11. The van der Waals surface area contributed by atoms with E-state index in [1.165, 1.54) is 9.75 Å². The van der Waals surface area contributed by atoms with Crippen LogP contribution in [0.3, 0.4) is 0 Å². The van der Waals surface area contributed by atoms with Crippen molar-refractivity contribution in [2.45, 2.75) is 53.2 Å². The van der Waals surface area contributed by atoms with Gasteiger partial charge in [0.25, 0.3) is 0 Å². The van der Waals surface area contributed by atoms with Crippen LogP contribution in [0.15, 0.2) is 12.1 Å². The Kier molecular flexibility index (Phi) is 5.54. The third-order valence-corrected chi connectivity index (χ3v) is 5.58. The van der Waals surface area contributed by atoms with Crippen LogP contribution in [0.5, 0.6) is 0 Å². The van der Waals surface area contributed by atoms with Crippen molar-refractivity contribution in [1.82, 2.24) is 25.0 Å². The lowest BCUT2D eigenvalue weighted by Crippen LogP contribution is -2.32. The molecular weight excluding hydrogens is 334 g/mol. The number of amides is 1. The third kappa shape index (κ3) is 4.27. The predicted octanol–water partition coefficient (Wildman–Crippen LogP) is 2.54. The molecule has 1 atom stereocenters. The van der Waals surface area contributed by atoms with E-state index in [4.69, 9.17) is 0 Å². The smallest absolute Gasteiger partial charge is 0.223 e. The number of hydrogen-bond donors (Lipinski definition) is 1. The minimum absolute atomic E-state index is 0.0290. The van der Waals surface area contributed by atoms with Crippen molar-refractivity contribution in [2.75, 3.05) is 13.1 Å². The zero-order chi connectivity index (χ0) is 18.0. The summed E-state index contributed by atoms with van der Waals surface area (Å²) in [5.41, 5.74) is 0. The number of carbonyl (C=O) groups excluding carboxylic acids is 1. The zero-order valence-corrected chi connectivity index (χ0v) is 16.3. The molecule has 136 valence electrons. The van der Waals surface area contributed by atoms with Crippen LogP contribution in [0, 0.1) is 12.8 Å². The number of fused-ring (bicyclic) bond motifs is 1. The van der Waals surface area contributed by atoms with Crippen molar-refractivity contribution >= 4 is 17.2 Å². The van der Waals surface area contributed by atoms with E-state index in [2.05, 4.69) is 44.0 Å². The number of nitrogens with one attached hydrogen (secondary N) is 1. The maximum Gasteiger partial charge on any atom is 0.223 e. The van der Waals surface area contributed by atoms with E-state index in [0.717, 1.165) is 44.2 Å². The van der Waals surface area contributed by atoms with Crippen molar-refractivity contribution < 1.29 is 4.79 Å². The van der Waals surface area contributed by atoms with Gasteiger partial charge in [0.05, 0.1) is 6.04 Å². The summed E-state index contributed by atoms with van der Waals surface area (Å²) in [5, 5.41) is 11.8. The quantitative estimate of drug-likeness (QED) is 0.889. The second-order valence-electron chi connectivity index (χ2n) is 7.05. The van der Waals surface area contributed by atoms with Crippen LogP contribution in [0.25, 0.3) is 0 Å². The van der Waals surface area contributed by atoms with Gasteiger partial charge in [0.1, 0.15) is 5.82 Å². The fraction of sp³-hybridized carbons (Fsp3) is 0.611. The Labute approximate surface area is 153 Å². The Hall–Kier alpha value is -1.73.